The predicted molar refractivity (Wildman–Crippen MR) is 142 cm³/mol. The van der Waals surface area contributed by atoms with E-state index in [1.54, 1.807) is 0 Å². The van der Waals surface area contributed by atoms with Gasteiger partial charge in [0, 0.05) is 21.8 Å². The number of rotatable bonds is 2. The number of fused-ring (bicyclic) bond motifs is 6. The first kappa shape index (κ1) is 20.1. The lowest BCUT2D eigenvalue weighted by molar-refractivity contribution is 0.661. The predicted octanol–water partition coefficient (Wildman–Crippen LogP) is 7.25. The molecule has 0 radical (unpaired) electrons. The summed E-state index contributed by atoms with van der Waals surface area (Å²) in [7, 11) is 0. The van der Waals surface area contributed by atoms with Crippen LogP contribution in [-0.4, -0.2) is 19.5 Å². The molecule has 1 aliphatic rings. The van der Waals surface area contributed by atoms with Crippen LogP contribution >= 0.6 is 0 Å². The molecule has 1 aliphatic carbocycles. The molecule has 2 aromatic heterocycles. The summed E-state index contributed by atoms with van der Waals surface area (Å²) in [6.07, 6.45) is 0. The van der Waals surface area contributed by atoms with Crippen LogP contribution in [0.1, 0.15) is 30.8 Å². The Kier molecular flexibility index (Phi) is 4.07. The fraction of sp³-hybridized carbons (Fsp3) is 0.129. The van der Waals surface area contributed by atoms with Crippen molar-refractivity contribution in [3.63, 3.8) is 0 Å². The highest BCUT2D eigenvalue weighted by atomic mass is 15.2. The first-order valence-corrected chi connectivity index (χ1v) is 12.0. The minimum absolute atomic E-state index is 0.0778. The van der Waals surface area contributed by atoms with Crippen molar-refractivity contribution in [1.82, 2.24) is 19.5 Å². The zero-order valence-corrected chi connectivity index (χ0v) is 19.9. The van der Waals surface area contributed by atoms with Crippen LogP contribution in [0, 0.1) is 6.92 Å². The van der Waals surface area contributed by atoms with Crippen molar-refractivity contribution in [2.24, 2.45) is 0 Å². The molecule has 0 unspecified atom stereocenters. The van der Waals surface area contributed by atoms with Crippen molar-refractivity contribution in [3.8, 4) is 28.5 Å². The van der Waals surface area contributed by atoms with E-state index in [4.69, 9.17) is 9.97 Å². The summed E-state index contributed by atoms with van der Waals surface area (Å²) in [5.74, 6) is 2.04. The lowest BCUT2D eigenvalue weighted by Gasteiger charge is -2.21. The van der Waals surface area contributed by atoms with Crippen molar-refractivity contribution < 1.29 is 0 Å². The molecule has 168 valence electrons. The number of aryl methyl sites for hydroxylation is 1. The van der Waals surface area contributed by atoms with Gasteiger partial charge in [0.25, 0.3) is 0 Å². The number of para-hydroxylation sites is 1. The van der Waals surface area contributed by atoms with Gasteiger partial charge in [0.2, 0.25) is 5.95 Å². The van der Waals surface area contributed by atoms with Crippen LogP contribution in [0.25, 0.3) is 50.3 Å². The van der Waals surface area contributed by atoms with Crippen LogP contribution in [0.4, 0.5) is 0 Å². The summed E-state index contributed by atoms with van der Waals surface area (Å²) < 4.78 is 2.20. The summed E-state index contributed by atoms with van der Waals surface area (Å²) in [5, 5.41) is 2.41. The van der Waals surface area contributed by atoms with E-state index in [0.717, 1.165) is 16.6 Å². The zero-order valence-electron chi connectivity index (χ0n) is 19.9. The van der Waals surface area contributed by atoms with Gasteiger partial charge in [-0.3, -0.25) is 4.57 Å². The first-order chi connectivity index (χ1) is 17.0. The number of hydrogen-bond donors (Lipinski definition) is 0. The Labute approximate surface area is 203 Å². The third kappa shape index (κ3) is 2.83. The Bertz CT molecular complexity index is 1780. The van der Waals surface area contributed by atoms with Crippen LogP contribution in [-0.2, 0) is 5.41 Å². The molecule has 0 fully saturated rings. The smallest absolute Gasteiger partial charge is 0.238 e. The van der Waals surface area contributed by atoms with Crippen molar-refractivity contribution in [1.29, 1.82) is 0 Å². The molecule has 4 heteroatoms. The van der Waals surface area contributed by atoms with Gasteiger partial charge in [0.15, 0.2) is 5.82 Å². The molecule has 0 N–H and O–H groups in total. The number of nitrogens with zero attached hydrogens (tertiary/aromatic N) is 4. The van der Waals surface area contributed by atoms with E-state index in [1.165, 1.54) is 33.0 Å². The van der Waals surface area contributed by atoms with Gasteiger partial charge in [-0.1, -0.05) is 86.6 Å². The normalized spacial score (nSPS) is 13.8. The number of benzene rings is 4. The van der Waals surface area contributed by atoms with Gasteiger partial charge in [-0.15, -0.1) is 0 Å². The third-order valence-corrected chi connectivity index (χ3v) is 7.34. The maximum absolute atomic E-state index is 4.96. The van der Waals surface area contributed by atoms with Crippen LogP contribution in [0.5, 0.6) is 0 Å². The first-order valence-electron chi connectivity index (χ1n) is 12.0. The van der Waals surface area contributed by atoms with E-state index in [-0.39, 0.29) is 5.41 Å². The van der Waals surface area contributed by atoms with Crippen LogP contribution in [0.15, 0.2) is 91.0 Å². The Morgan fingerprint density at radius 3 is 2.23 bits per heavy atom. The second-order valence-electron chi connectivity index (χ2n) is 9.81. The monoisotopic (exact) mass is 452 g/mol. The van der Waals surface area contributed by atoms with Gasteiger partial charge in [-0.25, -0.2) is 4.98 Å². The molecule has 2 heterocycles. The van der Waals surface area contributed by atoms with Crippen molar-refractivity contribution in [2.45, 2.75) is 26.2 Å². The van der Waals surface area contributed by atoms with Gasteiger partial charge in [-0.05, 0) is 47.4 Å². The van der Waals surface area contributed by atoms with Gasteiger partial charge in [0.05, 0.1) is 11.0 Å². The second kappa shape index (κ2) is 7.09. The minimum atomic E-state index is -0.0778. The molecular weight excluding hydrogens is 428 g/mol. The molecule has 0 saturated heterocycles. The topological polar surface area (TPSA) is 43.6 Å². The molecule has 6 aromatic rings. The highest BCUT2D eigenvalue weighted by Gasteiger charge is 2.36. The van der Waals surface area contributed by atoms with E-state index in [9.17, 15) is 0 Å². The van der Waals surface area contributed by atoms with Crippen molar-refractivity contribution >= 4 is 21.8 Å². The summed E-state index contributed by atoms with van der Waals surface area (Å²) in [6, 6.07) is 32.1. The third-order valence-electron chi connectivity index (χ3n) is 7.34. The van der Waals surface area contributed by atoms with Crippen molar-refractivity contribution in [3.05, 3.63) is 108 Å². The summed E-state index contributed by atoms with van der Waals surface area (Å²) >= 11 is 0. The van der Waals surface area contributed by atoms with Crippen LogP contribution in [0.3, 0.4) is 0 Å². The standard InChI is InChI=1S/C31H24N4/c1-19-32-29(20-11-5-4-6-12-20)34-30(33-19)35-27-16-10-8-14-22(27)24-17-23-21-13-7-9-15-25(21)31(2,3)26(23)18-28(24)35/h4-18H,1-3H3. The SMILES string of the molecule is Cc1nc(-c2ccccc2)nc(-n2c3ccccc3c3cc4c(cc32)C(C)(C)c2ccccc2-4)n1. The molecule has 0 saturated carbocycles. The van der Waals surface area contributed by atoms with Gasteiger partial charge < -0.3 is 0 Å². The highest BCUT2D eigenvalue weighted by molar-refractivity contribution is 6.11. The van der Waals surface area contributed by atoms with Gasteiger partial charge in [-0.2, -0.15) is 9.97 Å². The Balaban J connectivity index is 1.57. The zero-order chi connectivity index (χ0) is 23.7. The van der Waals surface area contributed by atoms with E-state index < -0.39 is 0 Å². The Hall–Kier alpha value is -4.31. The summed E-state index contributed by atoms with van der Waals surface area (Å²) in [5.41, 5.74) is 8.48. The van der Waals surface area contributed by atoms with E-state index in [1.807, 2.05) is 37.3 Å². The van der Waals surface area contributed by atoms with E-state index in [0.29, 0.717) is 17.6 Å². The van der Waals surface area contributed by atoms with Gasteiger partial charge in [0.1, 0.15) is 5.82 Å². The molecule has 4 aromatic carbocycles. The molecule has 7 rings (SSSR count). The second-order valence-corrected chi connectivity index (χ2v) is 9.81. The average Bonchev–Trinajstić information content (AvgIpc) is 3.32. The molecule has 0 amide bonds. The molecule has 0 atom stereocenters. The lowest BCUT2D eigenvalue weighted by atomic mass is 9.82. The van der Waals surface area contributed by atoms with Gasteiger partial charge >= 0.3 is 0 Å². The fourth-order valence-corrected chi connectivity index (χ4v) is 5.66. The van der Waals surface area contributed by atoms with Crippen molar-refractivity contribution in [2.75, 3.05) is 0 Å². The average molecular weight is 453 g/mol. The molecular formula is C31H24N4. The minimum Gasteiger partial charge on any atom is -0.278 e. The summed E-state index contributed by atoms with van der Waals surface area (Å²) in [6.45, 7) is 6.57. The Morgan fingerprint density at radius 1 is 0.629 bits per heavy atom. The molecule has 0 aliphatic heterocycles. The maximum atomic E-state index is 4.96. The Morgan fingerprint density at radius 2 is 1.37 bits per heavy atom. The molecule has 0 spiro atoms. The summed E-state index contributed by atoms with van der Waals surface area (Å²) in [4.78, 5) is 14.4. The molecule has 4 nitrogen and oxygen atoms in total. The largest absolute Gasteiger partial charge is 0.278 e. The quantitative estimate of drug-likeness (QED) is 0.278. The van der Waals surface area contributed by atoms with Crippen LogP contribution in [0.2, 0.25) is 0 Å². The lowest BCUT2D eigenvalue weighted by Crippen LogP contribution is -2.15. The van der Waals surface area contributed by atoms with E-state index in [2.05, 4.69) is 84.1 Å². The number of aromatic nitrogens is 4. The maximum Gasteiger partial charge on any atom is 0.238 e. The molecule has 35 heavy (non-hydrogen) atoms. The van der Waals surface area contributed by atoms with Crippen LogP contribution < -0.4 is 0 Å². The molecule has 0 bridgehead atoms. The number of hydrogen-bond acceptors (Lipinski definition) is 3. The highest BCUT2D eigenvalue weighted by Crippen LogP contribution is 2.50. The fourth-order valence-electron chi connectivity index (χ4n) is 5.66. The van der Waals surface area contributed by atoms with E-state index >= 15 is 0 Å².